The number of hydrogen-bond acceptors (Lipinski definition) is 4. The fourth-order valence-electron chi connectivity index (χ4n) is 0.794. The molecule has 0 saturated carbocycles. The summed E-state index contributed by atoms with van der Waals surface area (Å²) in [6, 6.07) is -0.500. The van der Waals surface area contributed by atoms with Crippen molar-refractivity contribution in [1.82, 2.24) is 0 Å². The van der Waals surface area contributed by atoms with Crippen molar-refractivity contribution in [3.05, 3.63) is 0 Å². The van der Waals surface area contributed by atoms with E-state index in [1.807, 2.05) is 6.92 Å². The first-order valence-electron chi connectivity index (χ1n) is 5.07. The molecule has 0 aliphatic carbocycles. The molecule has 0 fully saturated rings. The van der Waals surface area contributed by atoms with Gasteiger partial charge in [0.2, 0.25) is 0 Å². The minimum Gasteiger partial charge on any atom is -0.462 e. The zero-order chi connectivity index (χ0) is 11.0. The molecule has 0 aliphatic rings. The van der Waals surface area contributed by atoms with E-state index >= 15 is 0 Å². The predicted molar refractivity (Wildman–Crippen MR) is 54.9 cm³/mol. The highest BCUT2D eigenvalue weighted by molar-refractivity contribution is 5.75. The summed E-state index contributed by atoms with van der Waals surface area (Å²) in [6.07, 6.45) is 0.603. The van der Waals surface area contributed by atoms with Gasteiger partial charge in [0.15, 0.2) is 0 Å². The molecular formula is C10H21NO3. The maximum absolute atomic E-state index is 11.1. The van der Waals surface area contributed by atoms with Crippen LogP contribution in [0.25, 0.3) is 0 Å². The Morgan fingerprint density at radius 2 is 2.00 bits per heavy atom. The molecule has 2 N–H and O–H groups in total. The van der Waals surface area contributed by atoms with Crippen molar-refractivity contribution >= 4 is 5.97 Å². The Balaban J connectivity index is 3.32. The highest BCUT2D eigenvalue weighted by Gasteiger charge is 2.11. The van der Waals surface area contributed by atoms with E-state index in [-0.39, 0.29) is 5.97 Å². The second-order valence-corrected chi connectivity index (χ2v) is 3.65. The Morgan fingerprint density at radius 1 is 1.36 bits per heavy atom. The van der Waals surface area contributed by atoms with Gasteiger partial charge >= 0.3 is 5.97 Å². The SMILES string of the molecule is CCC(N)C(=O)OCCOCC(C)C. The lowest BCUT2D eigenvalue weighted by molar-refractivity contribution is -0.146. The summed E-state index contributed by atoms with van der Waals surface area (Å²) in [6.45, 7) is 7.41. The highest BCUT2D eigenvalue weighted by atomic mass is 16.6. The minimum atomic E-state index is -0.500. The van der Waals surface area contributed by atoms with Crippen molar-refractivity contribution in [2.45, 2.75) is 33.2 Å². The zero-order valence-corrected chi connectivity index (χ0v) is 9.29. The fraction of sp³-hybridized carbons (Fsp3) is 0.900. The first-order chi connectivity index (χ1) is 6.57. The molecular weight excluding hydrogens is 182 g/mol. The van der Waals surface area contributed by atoms with Crippen LogP contribution in [0, 0.1) is 5.92 Å². The van der Waals surface area contributed by atoms with Gasteiger partial charge in [-0.15, -0.1) is 0 Å². The van der Waals surface area contributed by atoms with Gasteiger partial charge in [-0.05, 0) is 12.3 Å². The van der Waals surface area contributed by atoms with Gasteiger partial charge in [-0.1, -0.05) is 20.8 Å². The molecule has 0 radical (unpaired) electrons. The van der Waals surface area contributed by atoms with Gasteiger partial charge in [0.05, 0.1) is 6.61 Å². The van der Waals surface area contributed by atoms with E-state index in [0.717, 1.165) is 0 Å². The van der Waals surface area contributed by atoms with E-state index in [1.165, 1.54) is 0 Å². The number of hydrogen-bond donors (Lipinski definition) is 1. The van der Waals surface area contributed by atoms with Crippen molar-refractivity contribution in [2.24, 2.45) is 11.7 Å². The molecule has 0 aromatic carbocycles. The van der Waals surface area contributed by atoms with Crippen LogP contribution in [0.15, 0.2) is 0 Å². The molecule has 0 saturated heterocycles. The van der Waals surface area contributed by atoms with Crippen LogP contribution in [0.2, 0.25) is 0 Å². The third kappa shape index (κ3) is 6.86. The van der Waals surface area contributed by atoms with Crippen LogP contribution in [-0.2, 0) is 14.3 Å². The quantitative estimate of drug-likeness (QED) is 0.494. The van der Waals surface area contributed by atoms with E-state index in [9.17, 15) is 4.79 Å². The molecule has 4 nitrogen and oxygen atoms in total. The summed E-state index contributed by atoms with van der Waals surface area (Å²) < 4.78 is 10.1. The van der Waals surface area contributed by atoms with Crippen molar-refractivity contribution < 1.29 is 14.3 Å². The van der Waals surface area contributed by atoms with Crippen LogP contribution in [0.1, 0.15) is 27.2 Å². The Hall–Kier alpha value is -0.610. The third-order valence-corrected chi connectivity index (χ3v) is 1.67. The summed E-state index contributed by atoms with van der Waals surface area (Å²) in [7, 11) is 0. The Morgan fingerprint density at radius 3 is 2.50 bits per heavy atom. The zero-order valence-electron chi connectivity index (χ0n) is 9.29. The van der Waals surface area contributed by atoms with Crippen molar-refractivity contribution in [2.75, 3.05) is 19.8 Å². The van der Waals surface area contributed by atoms with E-state index in [2.05, 4.69) is 13.8 Å². The Kier molecular flexibility index (Phi) is 7.42. The molecule has 0 aliphatic heterocycles. The number of rotatable bonds is 7. The number of carbonyl (C=O) groups is 1. The van der Waals surface area contributed by atoms with Gasteiger partial charge in [0, 0.05) is 6.61 Å². The van der Waals surface area contributed by atoms with Crippen LogP contribution in [0.4, 0.5) is 0 Å². The summed E-state index contributed by atoms with van der Waals surface area (Å²) in [5.41, 5.74) is 5.46. The van der Waals surface area contributed by atoms with Gasteiger partial charge < -0.3 is 15.2 Å². The van der Waals surface area contributed by atoms with Gasteiger partial charge in [-0.25, -0.2) is 0 Å². The normalized spacial score (nSPS) is 12.9. The maximum Gasteiger partial charge on any atom is 0.322 e. The monoisotopic (exact) mass is 203 g/mol. The molecule has 84 valence electrons. The molecule has 0 heterocycles. The van der Waals surface area contributed by atoms with Crippen LogP contribution in [0.3, 0.4) is 0 Å². The average molecular weight is 203 g/mol. The Bertz CT molecular complexity index is 159. The molecule has 1 unspecified atom stereocenters. The third-order valence-electron chi connectivity index (χ3n) is 1.67. The lowest BCUT2D eigenvalue weighted by Gasteiger charge is -2.10. The molecule has 1 atom stereocenters. The van der Waals surface area contributed by atoms with Gasteiger partial charge in [0.25, 0.3) is 0 Å². The van der Waals surface area contributed by atoms with Crippen molar-refractivity contribution in [3.63, 3.8) is 0 Å². The van der Waals surface area contributed by atoms with Crippen LogP contribution >= 0.6 is 0 Å². The molecule has 0 aromatic heterocycles. The van der Waals surface area contributed by atoms with Gasteiger partial charge in [-0.2, -0.15) is 0 Å². The first-order valence-corrected chi connectivity index (χ1v) is 5.07. The molecule has 0 amide bonds. The smallest absolute Gasteiger partial charge is 0.322 e. The fourth-order valence-corrected chi connectivity index (χ4v) is 0.794. The summed E-state index contributed by atoms with van der Waals surface area (Å²) >= 11 is 0. The number of nitrogens with two attached hydrogens (primary N) is 1. The summed E-state index contributed by atoms with van der Waals surface area (Å²) in [5, 5.41) is 0. The standard InChI is InChI=1S/C10H21NO3/c1-4-9(11)10(12)14-6-5-13-7-8(2)3/h8-9H,4-7,11H2,1-3H3. The summed E-state index contributed by atoms with van der Waals surface area (Å²) in [5.74, 6) is 0.157. The Labute approximate surface area is 85.8 Å². The van der Waals surface area contributed by atoms with E-state index in [0.29, 0.717) is 32.2 Å². The second-order valence-electron chi connectivity index (χ2n) is 3.65. The van der Waals surface area contributed by atoms with Crippen LogP contribution < -0.4 is 5.73 Å². The lowest BCUT2D eigenvalue weighted by Crippen LogP contribution is -2.32. The van der Waals surface area contributed by atoms with Crippen LogP contribution in [-0.4, -0.2) is 31.8 Å². The molecule has 0 spiro atoms. The molecule has 14 heavy (non-hydrogen) atoms. The van der Waals surface area contributed by atoms with E-state index < -0.39 is 6.04 Å². The average Bonchev–Trinajstić information content (AvgIpc) is 2.15. The van der Waals surface area contributed by atoms with Crippen LogP contribution in [0.5, 0.6) is 0 Å². The molecule has 0 aromatic rings. The van der Waals surface area contributed by atoms with E-state index in [4.69, 9.17) is 15.2 Å². The number of esters is 1. The van der Waals surface area contributed by atoms with Gasteiger partial charge in [-0.3, -0.25) is 4.79 Å². The number of ether oxygens (including phenoxy) is 2. The predicted octanol–water partition coefficient (Wildman–Crippen LogP) is 0.939. The molecule has 0 bridgehead atoms. The molecule has 4 heteroatoms. The largest absolute Gasteiger partial charge is 0.462 e. The first kappa shape index (κ1) is 13.4. The topological polar surface area (TPSA) is 61.6 Å². The van der Waals surface area contributed by atoms with Crippen molar-refractivity contribution in [1.29, 1.82) is 0 Å². The second kappa shape index (κ2) is 7.76. The highest BCUT2D eigenvalue weighted by Crippen LogP contribution is 1.93. The minimum absolute atomic E-state index is 0.291. The van der Waals surface area contributed by atoms with E-state index in [1.54, 1.807) is 0 Å². The lowest BCUT2D eigenvalue weighted by atomic mass is 10.2. The van der Waals surface area contributed by atoms with Gasteiger partial charge in [0.1, 0.15) is 12.6 Å². The molecule has 0 rings (SSSR count). The number of carbonyl (C=O) groups excluding carboxylic acids is 1. The maximum atomic E-state index is 11.1. The van der Waals surface area contributed by atoms with Crippen molar-refractivity contribution in [3.8, 4) is 0 Å². The summed E-state index contributed by atoms with van der Waals surface area (Å²) in [4.78, 5) is 11.1.